The Balaban J connectivity index is 0.00000176. The van der Waals surface area contributed by atoms with Crippen molar-refractivity contribution in [1.29, 1.82) is 0 Å². The fraction of sp³-hybridized carbons (Fsp3) is 0.375. The lowest BCUT2D eigenvalue weighted by Gasteiger charge is -2.11. The molecule has 1 atom stereocenters. The van der Waals surface area contributed by atoms with E-state index >= 15 is 0 Å². The molecule has 22 heavy (non-hydrogen) atoms. The van der Waals surface area contributed by atoms with E-state index in [1.54, 1.807) is 6.20 Å². The van der Waals surface area contributed by atoms with E-state index in [4.69, 9.17) is 0 Å². The van der Waals surface area contributed by atoms with Gasteiger partial charge in [0.1, 0.15) is 0 Å². The molecule has 0 saturated carbocycles. The fourth-order valence-corrected chi connectivity index (χ4v) is 2.64. The summed E-state index contributed by atoms with van der Waals surface area (Å²) in [7, 11) is 0. The lowest BCUT2D eigenvalue weighted by atomic mass is 10.1. The zero-order valence-electron chi connectivity index (χ0n) is 12.4. The average Bonchev–Trinajstić information content (AvgIpc) is 3.14. The summed E-state index contributed by atoms with van der Waals surface area (Å²) in [5, 5.41) is 10.5. The minimum atomic E-state index is 0. The Hall–Kier alpha value is -1.85. The molecule has 6 heteroatoms. The molecule has 2 aromatic rings. The zero-order valence-corrected chi connectivity index (χ0v) is 13.2. The van der Waals surface area contributed by atoms with E-state index in [0.29, 0.717) is 12.5 Å². The molecule has 2 heterocycles. The van der Waals surface area contributed by atoms with Gasteiger partial charge in [-0.2, -0.15) is 5.10 Å². The van der Waals surface area contributed by atoms with Crippen LogP contribution in [0, 0.1) is 0 Å². The number of anilines is 1. The van der Waals surface area contributed by atoms with Crippen LogP contribution in [0.25, 0.3) is 0 Å². The number of hydrogen-bond acceptors (Lipinski definition) is 3. The van der Waals surface area contributed by atoms with Gasteiger partial charge in [-0.05, 0) is 43.1 Å². The maximum Gasteiger partial charge on any atom is 0.225 e. The largest absolute Gasteiger partial charge is 0.326 e. The molecule has 1 fully saturated rings. The predicted molar refractivity (Wildman–Crippen MR) is 89.3 cm³/mol. The van der Waals surface area contributed by atoms with Crippen LogP contribution in [0.15, 0.2) is 42.7 Å². The number of halogens is 1. The van der Waals surface area contributed by atoms with Gasteiger partial charge in [-0.15, -0.1) is 12.4 Å². The van der Waals surface area contributed by atoms with Crippen molar-refractivity contribution in [3.8, 4) is 0 Å². The van der Waals surface area contributed by atoms with Gasteiger partial charge in [0.25, 0.3) is 0 Å². The van der Waals surface area contributed by atoms with Crippen LogP contribution in [0.2, 0.25) is 0 Å². The van der Waals surface area contributed by atoms with E-state index in [1.807, 2.05) is 41.2 Å². The van der Waals surface area contributed by atoms with E-state index in [1.165, 1.54) is 6.42 Å². The first-order valence-corrected chi connectivity index (χ1v) is 7.39. The van der Waals surface area contributed by atoms with Gasteiger partial charge in [0.2, 0.25) is 5.91 Å². The first kappa shape index (κ1) is 16.5. The van der Waals surface area contributed by atoms with Gasteiger partial charge >= 0.3 is 0 Å². The standard InChI is InChI=1S/C16H20N4O.ClH/c21-16(11-15-3-1-8-17-15)19-14-6-4-13(5-7-14)12-20-10-2-9-18-20;/h2,4-7,9-10,15,17H,1,3,8,11-12H2,(H,19,21);1H. The van der Waals surface area contributed by atoms with Gasteiger partial charge in [0.15, 0.2) is 0 Å². The molecule has 1 saturated heterocycles. The third-order valence-corrected chi connectivity index (χ3v) is 3.74. The number of carbonyl (C=O) groups excluding carboxylic acids is 1. The molecule has 0 radical (unpaired) electrons. The summed E-state index contributed by atoms with van der Waals surface area (Å²) in [5.74, 6) is 0.0780. The van der Waals surface area contributed by atoms with Gasteiger partial charge < -0.3 is 10.6 Å². The number of rotatable bonds is 5. The molecule has 2 N–H and O–H groups in total. The molecular weight excluding hydrogens is 300 g/mol. The highest BCUT2D eigenvalue weighted by Crippen LogP contribution is 2.13. The van der Waals surface area contributed by atoms with Crippen LogP contribution in [-0.2, 0) is 11.3 Å². The minimum absolute atomic E-state index is 0. The predicted octanol–water partition coefficient (Wildman–Crippen LogP) is 2.43. The second-order valence-electron chi connectivity index (χ2n) is 5.45. The molecule has 118 valence electrons. The topological polar surface area (TPSA) is 59.0 Å². The number of amides is 1. The molecule has 1 aliphatic rings. The van der Waals surface area contributed by atoms with E-state index in [0.717, 1.165) is 30.8 Å². The van der Waals surface area contributed by atoms with Crippen LogP contribution in [0.3, 0.4) is 0 Å². The maximum absolute atomic E-state index is 11.9. The van der Waals surface area contributed by atoms with Gasteiger partial charge in [0, 0.05) is 30.5 Å². The highest BCUT2D eigenvalue weighted by molar-refractivity contribution is 5.91. The Bertz CT molecular complexity index is 577. The summed E-state index contributed by atoms with van der Waals surface area (Å²) in [4.78, 5) is 11.9. The van der Waals surface area contributed by atoms with Gasteiger partial charge in [0.05, 0.1) is 6.54 Å². The fourth-order valence-electron chi connectivity index (χ4n) is 2.64. The molecule has 0 aliphatic carbocycles. The smallest absolute Gasteiger partial charge is 0.225 e. The zero-order chi connectivity index (χ0) is 14.5. The number of nitrogens with zero attached hydrogens (tertiary/aromatic N) is 2. The van der Waals surface area contributed by atoms with Gasteiger partial charge in [-0.25, -0.2) is 0 Å². The van der Waals surface area contributed by atoms with Crippen LogP contribution in [-0.4, -0.2) is 28.3 Å². The normalized spacial score (nSPS) is 17.0. The Kier molecular flexibility index (Phi) is 5.98. The van der Waals surface area contributed by atoms with E-state index in [-0.39, 0.29) is 18.3 Å². The third-order valence-electron chi connectivity index (χ3n) is 3.74. The lowest BCUT2D eigenvalue weighted by Crippen LogP contribution is -2.27. The molecule has 1 amide bonds. The van der Waals surface area contributed by atoms with Gasteiger partial charge in [-0.1, -0.05) is 12.1 Å². The Morgan fingerprint density at radius 1 is 1.36 bits per heavy atom. The maximum atomic E-state index is 11.9. The quantitative estimate of drug-likeness (QED) is 0.889. The summed E-state index contributed by atoms with van der Waals surface area (Å²) >= 11 is 0. The van der Waals surface area contributed by atoms with Gasteiger partial charge in [-0.3, -0.25) is 9.48 Å². The van der Waals surface area contributed by atoms with Crippen molar-refractivity contribution in [3.05, 3.63) is 48.3 Å². The molecule has 0 spiro atoms. The average molecular weight is 321 g/mol. The minimum Gasteiger partial charge on any atom is -0.326 e. The van der Waals surface area contributed by atoms with Crippen molar-refractivity contribution < 1.29 is 4.79 Å². The molecular formula is C16H21ClN4O. The van der Waals surface area contributed by atoms with Crippen molar-refractivity contribution in [2.75, 3.05) is 11.9 Å². The van der Waals surface area contributed by atoms with E-state index in [2.05, 4.69) is 15.7 Å². The van der Waals surface area contributed by atoms with Crippen LogP contribution >= 0.6 is 12.4 Å². The first-order chi connectivity index (χ1) is 10.3. The Morgan fingerprint density at radius 2 is 2.18 bits per heavy atom. The highest BCUT2D eigenvalue weighted by Gasteiger charge is 2.17. The number of aromatic nitrogens is 2. The Labute approximate surface area is 136 Å². The molecule has 1 aromatic carbocycles. The molecule has 3 rings (SSSR count). The van der Waals surface area contributed by atoms with Crippen molar-refractivity contribution >= 4 is 24.0 Å². The second kappa shape index (κ2) is 7.96. The number of benzene rings is 1. The van der Waals surface area contributed by atoms with E-state index < -0.39 is 0 Å². The van der Waals surface area contributed by atoms with Crippen molar-refractivity contribution in [1.82, 2.24) is 15.1 Å². The van der Waals surface area contributed by atoms with Crippen LogP contribution in [0.1, 0.15) is 24.8 Å². The number of carbonyl (C=O) groups is 1. The Morgan fingerprint density at radius 3 is 2.82 bits per heavy atom. The van der Waals surface area contributed by atoms with Crippen molar-refractivity contribution in [2.24, 2.45) is 0 Å². The monoisotopic (exact) mass is 320 g/mol. The van der Waals surface area contributed by atoms with Crippen LogP contribution in [0.5, 0.6) is 0 Å². The van der Waals surface area contributed by atoms with Crippen molar-refractivity contribution in [2.45, 2.75) is 31.8 Å². The molecule has 1 aromatic heterocycles. The SMILES string of the molecule is Cl.O=C(CC1CCCN1)Nc1ccc(Cn2cccn2)cc1. The van der Waals surface area contributed by atoms with E-state index in [9.17, 15) is 4.79 Å². The number of hydrogen-bond donors (Lipinski definition) is 2. The molecule has 0 bridgehead atoms. The molecule has 5 nitrogen and oxygen atoms in total. The van der Waals surface area contributed by atoms with Crippen molar-refractivity contribution in [3.63, 3.8) is 0 Å². The third kappa shape index (κ3) is 4.58. The summed E-state index contributed by atoms with van der Waals surface area (Å²) < 4.78 is 1.87. The summed E-state index contributed by atoms with van der Waals surface area (Å²) in [6.07, 6.45) is 6.52. The highest BCUT2D eigenvalue weighted by atomic mass is 35.5. The summed E-state index contributed by atoms with van der Waals surface area (Å²) in [6, 6.07) is 10.2. The first-order valence-electron chi connectivity index (χ1n) is 7.39. The lowest BCUT2D eigenvalue weighted by molar-refractivity contribution is -0.116. The number of nitrogens with one attached hydrogen (secondary N) is 2. The summed E-state index contributed by atoms with van der Waals surface area (Å²) in [5.41, 5.74) is 2.01. The molecule has 1 unspecified atom stereocenters. The van der Waals surface area contributed by atoms with Crippen LogP contribution in [0.4, 0.5) is 5.69 Å². The molecule has 1 aliphatic heterocycles. The van der Waals surface area contributed by atoms with Crippen LogP contribution < -0.4 is 10.6 Å². The second-order valence-corrected chi connectivity index (χ2v) is 5.45. The summed E-state index contributed by atoms with van der Waals surface area (Å²) in [6.45, 7) is 1.77.